The Kier molecular flexibility index (Phi) is 7.02. The molecule has 0 heterocycles. The van der Waals surface area contributed by atoms with Crippen LogP contribution in [0.1, 0.15) is 35.6 Å². The highest BCUT2D eigenvalue weighted by atomic mass is 16.3. The molecule has 0 saturated heterocycles. The minimum Gasteiger partial charge on any atom is -0.394 e. The molecule has 25 heavy (non-hydrogen) atoms. The molecule has 0 spiro atoms. The second-order valence-electron chi connectivity index (χ2n) is 6.51. The van der Waals surface area contributed by atoms with E-state index in [-0.39, 0.29) is 18.6 Å². The van der Waals surface area contributed by atoms with E-state index in [9.17, 15) is 4.79 Å². The molecule has 134 valence electrons. The van der Waals surface area contributed by atoms with E-state index in [1.807, 2.05) is 31.2 Å². The average molecular weight is 340 g/mol. The number of aryl methyl sites for hydroxylation is 2. The number of hydrogen-bond acceptors (Lipinski definition) is 3. The van der Waals surface area contributed by atoms with Crippen LogP contribution < -0.4 is 10.6 Å². The molecular weight excluding hydrogens is 312 g/mol. The lowest BCUT2D eigenvalue weighted by Gasteiger charge is -2.14. The zero-order valence-corrected chi connectivity index (χ0v) is 15.3. The van der Waals surface area contributed by atoms with Gasteiger partial charge >= 0.3 is 0 Å². The molecule has 0 saturated carbocycles. The van der Waals surface area contributed by atoms with Crippen LogP contribution in [0.2, 0.25) is 0 Å². The van der Waals surface area contributed by atoms with E-state index >= 15 is 0 Å². The number of aliphatic hydroxyl groups excluding tert-OH is 1. The van der Waals surface area contributed by atoms with Crippen LogP contribution in [0.25, 0.3) is 0 Å². The number of carbonyl (C=O) groups is 1. The van der Waals surface area contributed by atoms with Crippen molar-refractivity contribution in [3.8, 4) is 0 Å². The second kappa shape index (κ2) is 9.23. The fourth-order valence-electron chi connectivity index (χ4n) is 2.67. The summed E-state index contributed by atoms with van der Waals surface area (Å²) in [5.41, 5.74) is 5.82. The van der Waals surface area contributed by atoms with E-state index in [4.69, 9.17) is 5.11 Å². The summed E-state index contributed by atoms with van der Waals surface area (Å²) in [7, 11) is 0. The largest absolute Gasteiger partial charge is 0.394 e. The number of nitrogens with one attached hydrogen (secondary N) is 2. The van der Waals surface area contributed by atoms with Gasteiger partial charge in [0.15, 0.2) is 0 Å². The molecule has 4 nitrogen and oxygen atoms in total. The number of rotatable bonds is 8. The summed E-state index contributed by atoms with van der Waals surface area (Å²) >= 11 is 0. The number of aliphatic hydroxyl groups is 1. The zero-order valence-electron chi connectivity index (χ0n) is 15.3. The first-order valence-corrected chi connectivity index (χ1v) is 8.81. The van der Waals surface area contributed by atoms with Crippen LogP contribution in [0.4, 0.5) is 5.69 Å². The molecule has 2 aromatic carbocycles. The van der Waals surface area contributed by atoms with Gasteiger partial charge in [0.1, 0.15) is 0 Å². The van der Waals surface area contributed by atoms with Crippen LogP contribution in [-0.2, 0) is 17.8 Å². The summed E-state index contributed by atoms with van der Waals surface area (Å²) in [6.07, 6.45) is 1.05. The lowest BCUT2D eigenvalue weighted by Crippen LogP contribution is -2.37. The molecule has 0 bridgehead atoms. The number of hydrogen-bond donors (Lipinski definition) is 3. The number of benzene rings is 2. The average Bonchev–Trinajstić information content (AvgIpc) is 2.61. The fraction of sp³-hybridized carbons (Fsp3) is 0.381. The Morgan fingerprint density at radius 1 is 1.12 bits per heavy atom. The predicted molar refractivity (Wildman–Crippen MR) is 103 cm³/mol. The van der Waals surface area contributed by atoms with E-state index in [0.717, 1.165) is 24.2 Å². The van der Waals surface area contributed by atoms with Crippen molar-refractivity contribution in [1.29, 1.82) is 0 Å². The summed E-state index contributed by atoms with van der Waals surface area (Å²) in [6, 6.07) is 14.2. The molecular formula is C21H28N2O2. The Bertz CT molecular complexity index is 692. The van der Waals surface area contributed by atoms with Gasteiger partial charge in [-0.3, -0.25) is 4.79 Å². The molecule has 2 rings (SSSR count). The van der Waals surface area contributed by atoms with Crippen molar-refractivity contribution in [3.63, 3.8) is 0 Å². The first-order chi connectivity index (χ1) is 12.0. The molecule has 2 aromatic rings. The smallest absolute Gasteiger partial charge is 0.224 e. The van der Waals surface area contributed by atoms with Gasteiger partial charge in [-0.25, -0.2) is 0 Å². The summed E-state index contributed by atoms with van der Waals surface area (Å²) in [4.78, 5) is 12.0. The summed E-state index contributed by atoms with van der Waals surface area (Å²) in [6.45, 7) is 6.92. The van der Waals surface area contributed by atoms with E-state index < -0.39 is 0 Å². The molecule has 1 amide bonds. The van der Waals surface area contributed by atoms with Crippen molar-refractivity contribution in [2.45, 2.75) is 46.2 Å². The van der Waals surface area contributed by atoms with Gasteiger partial charge in [0.25, 0.3) is 0 Å². The Balaban J connectivity index is 1.89. The predicted octanol–water partition coefficient (Wildman–Crippen LogP) is 3.35. The molecule has 0 aliphatic carbocycles. The number of anilines is 1. The zero-order chi connectivity index (χ0) is 18.2. The summed E-state index contributed by atoms with van der Waals surface area (Å²) in [5, 5.41) is 15.4. The minimum atomic E-state index is -0.161. The van der Waals surface area contributed by atoms with Gasteiger partial charge in [-0.2, -0.15) is 0 Å². The minimum absolute atomic E-state index is 0.0243. The number of carbonyl (C=O) groups excluding carboxylic acids is 1. The van der Waals surface area contributed by atoms with Gasteiger partial charge in [-0.1, -0.05) is 42.8 Å². The molecule has 4 heteroatoms. The maximum atomic E-state index is 12.0. The van der Waals surface area contributed by atoms with Crippen molar-refractivity contribution in [3.05, 3.63) is 64.7 Å². The number of amides is 1. The van der Waals surface area contributed by atoms with E-state index in [1.165, 1.54) is 16.7 Å². The van der Waals surface area contributed by atoms with Gasteiger partial charge in [0.05, 0.1) is 19.1 Å². The topological polar surface area (TPSA) is 61.4 Å². The van der Waals surface area contributed by atoms with E-state index in [0.29, 0.717) is 6.42 Å². The normalized spacial score (nSPS) is 11.8. The van der Waals surface area contributed by atoms with Gasteiger partial charge in [-0.05, 0) is 49.1 Å². The van der Waals surface area contributed by atoms with Gasteiger partial charge in [0.2, 0.25) is 5.91 Å². The molecule has 3 N–H and O–H groups in total. The van der Waals surface area contributed by atoms with Crippen LogP contribution in [0.3, 0.4) is 0 Å². The Morgan fingerprint density at radius 2 is 1.84 bits per heavy atom. The highest BCUT2D eigenvalue weighted by Gasteiger charge is 2.09. The van der Waals surface area contributed by atoms with E-state index in [2.05, 4.69) is 42.7 Å². The summed E-state index contributed by atoms with van der Waals surface area (Å²) < 4.78 is 0. The Hall–Kier alpha value is -2.33. The van der Waals surface area contributed by atoms with Gasteiger partial charge < -0.3 is 15.7 Å². The standard InChI is InChI=1S/C21H28N2O2/c1-4-19(14-24)23-21(25)12-17-7-9-20(10-8-17)22-13-18-11-15(2)5-6-16(18)3/h5-11,19,22,24H,4,12-14H2,1-3H3,(H,23,25). The maximum absolute atomic E-state index is 12.0. The molecule has 0 radical (unpaired) electrons. The van der Waals surface area contributed by atoms with Crippen LogP contribution in [0, 0.1) is 13.8 Å². The Labute approximate surface area is 150 Å². The lowest BCUT2D eigenvalue weighted by atomic mass is 10.1. The summed E-state index contributed by atoms with van der Waals surface area (Å²) in [5.74, 6) is -0.0583. The highest BCUT2D eigenvalue weighted by Crippen LogP contribution is 2.15. The van der Waals surface area contributed by atoms with Gasteiger partial charge in [0, 0.05) is 12.2 Å². The molecule has 0 aromatic heterocycles. The first-order valence-electron chi connectivity index (χ1n) is 8.81. The first kappa shape index (κ1) is 19.0. The van der Waals surface area contributed by atoms with E-state index in [1.54, 1.807) is 0 Å². The third-order valence-electron chi connectivity index (χ3n) is 4.38. The van der Waals surface area contributed by atoms with Crippen molar-refractivity contribution < 1.29 is 9.90 Å². The maximum Gasteiger partial charge on any atom is 0.224 e. The van der Waals surface area contributed by atoms with Crippen molar-refractivity contribution in [2.75, 3.05) is 11.9 Å². The molecule has 1 atom stereocenters. The van der Waals surface area contributed by atoms with Crippen LogP contribution >= 0.6 is 0 Å². The molecule has 0 aliphatic rings. The van der Waals surface area contributed by atoms with Crippen molar-refractivity contribution in [2.24, 2.45) is 0 Å². The lowest BCUT2D eigenvalue weighted by molar-refractivity contribution is -0.121. The molecule has 0 fully saturated rings. The quantitative estimate of drug-likeness (QED) is 0.691. The van der Waals surface area contributed by atoms with Crippen molar-refractivity contribution in [1.82, 2.24) is 5.32 Å². The molecule has 1 unspecified atom stereocenters. The third kappa shape index (κ3) is 5.91. The van der Waals surface area contributed by atoms with Crippen LogP contribution in [0.15, 0.2) is 42.5 Å². The molecule has 0 aliphatic heterocycles. The Morgan fingerprint density at radius 3 is 2.48 bits per heavy atom. The SMILES string of the molecule is CCC(CO)NC(=O)Cc1ccc(NCc2cc(C)ccc2C)cc1. The second-order valence-corrected chi connectivity index (χ2v) is 6.51. The fourth-order valence-corrected chi connectivity index (χ4v) is 2.67. The highest BCUT2D eigenvalue weighted by molar-refractivity contribution is 5.79. The van der Waals surface area contributed by atoms with Crippen LogP contribution in [0.5, 0.6) is 0 Å². The van der Waals surface area contributed by atoms with Gasteiger partial charge in [-0.15, -0.1) is 0 Å². The van der Waals surface area contributed by atoms with Crippen LogP contribution in [-0.4, -0.2) is 23.7 Å². The van der Waals surface area contributed by atoms with Crippen molar-refractivity contribution >= 4 is 11.6 Å². The monoisotopic (exact) mass is 340 g/mol. The third-order valence-corrected chi connectivity index (χ3v) is 4.38.